The summed E-state index contributed by atoms with van der Waals surface area (Å²) >= 11 is 6.06. The van der Waals surface area contributed by atoms with Gasteiger partial charge in [-0.25, -0.2) is 13.8 Å². The minimum atomic E-state index is -0.750. The Kier molecular flexibility index (Phi) is 5.43. The smallest absolute Gasteiger partial charge is 0.251 e. The van der Waals surface area contributed by atoms with E-state index in [0.717, 1.165) is 17.7 Å². The van der Waals surface area contributed by atoms with Crippen LogP contribution >= 0.6 is 11.6 Å². The summed E-state index contributed by atoms with van der Waals surface area (Å²) in [5.41, 5.74) is 0.753. The second kappa shape index (κ2) is 7.93. The number of carbonyl (C=O) groups is 1. The van der Waals surface area contributed by atoms with E-state index in [9.17, 15) is 13.6 Å². The van der Waals surface area contributed by atoms with Gasteiger partial charge in [0.25, 0.3) is 5.91 Å². The molecule has 2 aromatic carbocycles. The Labute approximate surface area is 153 Å². The summed E-state index contributed by atoms with van der Waals surface area (Å²) in [5, 5.41) is 5.85. The summed E-state index contributed by atoms with van der Waals surface area (Å²) in [4.78, 5) is 16.3. The molecule has 1 aromatic heterocycles. The maximum Gasteiger partial charge on any atom is 0.251 e. The van der Waals surface area contributed by atoms with Crippen LogP contribution in [-0.4, -0.2) is 10.9 Å². The first kappa shape index (κ1) is 17.8. The summed E-state index contributed by atoms with van der Waals surface area (Å²) < 4.78 is 27.4. The Morgan fingerprint density at radius 1 is 1.04 bits per heavy atom. The average Bonchev–Trinajstić information content (AvgIpc) is 2.64. The van der Waals surface area contributed by atoms with Crippen LogP contribution in [0.1, 0.15) is 15.9 Å². The summed E-state index contributed by atoms with van der Waals surface area (Å²) in [7, 11) is 0. The fourth-order valence-corrected chi connectivity index (χ4v) is 2.51. The average molecular weight is 374 g/mol. The molecular weight excluding hydrogens is 360 g/mol. The molecule has 0 atom stereocenters. The first-order valence-electron chi connectivity index (χ1n) is 7.73. The van der Waals surface area contributed by atoms with Gasteiger partial charge in [-0.3, -0.25) is 4.79 Å². The molecule has 132 valence electrons. The second-order valence-corrected chi connectivity index (χ2v) is 5.83. The van der Waals surface area contributed by atoms with Gasteiger partial charge in [-0.2, -0.15) is 0 Å². The van der Waals surface area contributed by atoms with Crippen LogP contribution in [0.4, 0.5) is 20.3 Å². The van der Waals surface area contributed by atoms with Gasteiger partial charge in [0.15, 0.2) is 0 Å². The first-order valence-corrected chi connectivity index (χ1v) is 8.11. The van der Waals surface area contributed by atoms with Gasteiger partial charge in [-0.15, -0.1) is 0 Å². The van der Waals surface area contributed by atoms with Crippen molar-refractivity contribution in [3.63, 3.8) is 0 Å². The van der Waals surface area contributed by atoms with Crippen molar-refractivity contribution in [3.8, 4) is 0 Å². The van der Waals surface area contributed by atoms with Crippen molar-refractivity contribution in [1.29, 1.82) is 0 Å². The van der Waals surface area contributed by atoms with Crippen LogP contribution < -0.4 is 10.6 Å². The highest BCUT2D eigenvalue weighted by atomic mass is 35.5. The fraction of sp³-hybridized carbons (Fsp3) is 0.0526. The number of aromatic nitrogens is 1. The van der Waals surface area contributed by atoms with Crippen molar-refractivity contribution in [2.45, 2.75) is 6.54 Å². The van der Waals surface area contributed by atoms with Gasteiger partial charge < -0.3 is 10.6 Å². The number of hydrogen-bond acceptors (Lipinski definition) is 3. The minimum absolute atomic E-state index is 0.152. The minimum Gasteiger partial charge on any atom is -0.348 e. The number of rotatable bonds is 5. The highest BCUT2D eigenvalue weighted by molar-refractivity contribution is 6.31. The number of halogens is 3. The molecule has 0 spiro atoms. The molecule has 3 rings (SSSR count). The predicted octanol–water partition coefficient (Wildman–Crippen LogP) is 4.69. The highest BCUT2D eigenvalue weighted by Gasteiger charge is 2.11. The second-order valence-electron chi connectivity index (χ2n) is 5.43. The van der Waals surface area contributed by atoms with Gasteiger partial charge in [-0.1, -0.05) is 35.9 Å². The number of para-hydroxylation sites is 1. The van der Waals surface area contributed by atoms with E-state index >= 15 is 0 Å². The number of nitrogens with one attached hydrogen (secondary N) is 2. The van der Waals surface area contributed by atoms with E-state index in [-0.39, 0.29) is 24.0 Å². The SMILES string of the molecule is O=C(NCc1ccccc1Cl)c1ccnc(Nc2c(F)cccc2F)c1. The maximum absolute atomic E-state index is 13.7. The molecule has 0 fully saturated rings. The Bertz CT molecular complexity index is 929. The molecule has 26 heavy (non-hydrogen) atoms. The standard InChI is InChI=1S/C19H14ClF2N3O/c20-14-5-2-1-4-13(14)11-24-19(26)12-8-9-23-17(10-12)25-18-15(21)6-3-7-16(18)22/h1-10H,11H2,(H,23,25)(H,24,26). The normalized spacial score (nSPS) is 10.4. The zero-order valence-corrected chi connectivity index (χ0v) is 14.2. The van der Waals surface area contributed by atoms with Gasteiger partial charge in [0, 0.05) is 23.3 Å². The van der Waals surface area contributed by atoms with Crippen molar-refractivity contribution >= 4 is 29.0 Å². The van der Waals surface area contributed by atoms with Gasteiger partial charge in [-0.05, 0) is 35.9 Å². The lowest BCUT2D eigenvalue weighted by Gasteiger charge is -2.10. The zero-order chi connectivity index (χ0) is 18.5. The molecule has 1 heterocycles. The van der Waals surface area contributed by atoms with Crippen molar-refractivity contribution in [3.05, 3.63) is 88.6 Å². The number of hydrogen-bond donors (Lipinski definition) is 2. The van der Waals surface area contributed by atoms with Gasteiger partial charge >= 0.3 is 0 Å². The third-order valence-corrected chi connectivity index (χ3v) is 4.00. The quantitative estimate of drug-likeness (QED) is 0.682. The molecule has 2 N–H and O–H groups in total. The Morgan fingerprint density at radius 3 is 2.50 bits per heavy atom. The van der Waals surface area contributed by atoms with Gasteiger partial charge in [0.1, 0.15) is 23.1 Å². The van der Waals surface area contributed by atoms with Crippen LogP contribution in [0.2, 0.25) is 5.02 Å². The van der Waals surface area contributed by atoms with E-state index in [1.165, 1.54) is 24.4 Å². The van der Waals surface area contributed by atoms with Crippen molar-refractivity contribution in [1.82, 2.24) is 10.3 Å². The summed E-state index contributed by atoms with van der Waals surface area (Å²) in [6.07, 6.45) is 1.38. The summed E-state index contributed by atoms with van der Waals surface area (Å²) in [5.74, 6) is -1.70. The van der Waals surface area contributed by atoms with E-state index in [1.54, 1.807) is 12.1 Å². The topological polar surface area (TPSA) is 54.0 Å². The van der Waals surface area contributed by atoms with E-state index in [1.807, 2.05) is 12.1 Å². The largest absolute Gasteiger partial charge is 0.348 e. The molecule has 0 unspecified atom stereocenters. The number of anilines is 2. The molecule has 1 amide bonds. The van der Waals surface area contributed by atoms with Crippen LogP contribution in [0.15, 0.2) is 60.8 Å². The van der Waals surface area contributed by atoms with Crippen molar-refractivity contribution < 1.29 is 13.6 Å². The number of carbonyl (C=O) groups excluding carboxylic acids is 1. The predicted molar refractivity (Wildman–Crippen MR) is 96.5 cm³/mol. The van der Waals surface area contributed by atoms with Crippen LogP contribution in [0.3, 0.4) is 0 Å². The fourth-order valence-electron chi connectivity index (χ4n) is 2.30. The van der Waals surface area contributed by atoms with Crippen LogP contribution in [0.5, 0.6) is 0 Å². The van der Waals surface area contributed by atoms with Crippen molar-refractivity contribution in [2.75, 3.05) is 5.32 Å². The molecule has 0 saturated heterocycles. The molecule has 4 nitrogen and oxygen atoms in total. The van der Waals surface area contributed by atoms with E-state index in [4.69, 9.17) is 11.6 Å². The van der Waals surface area contributed by atoms with Crippen LogP contribution in [-0.2, 0) is 6.54 Å². The van der Waals surface area contributed by atoms with E-state index < -0.39 is 11.6 Å². The van der Waals surface area contributed by atoms with Crippen LogP contribution in [0.25, 0.3) is 0 Å². The summed E-state index contributed by atoms with van der Waals surface area (Å²) in [6.45, 7) is 0.255. The molecule has 0 aliphatic heterocycles. The van der Waals surface area contributed by atoms with E-state index in [0.29, 0.717) is 10.6 Å². The third kappa shape index (κ3) is 4.15. The lowest BCUT2D eigenvalue weighted by Crippen LogP contribution is -2.23. The van der Waals surface area contributed by atoms with Crippen LogP contribution in [0, 0.1) is 11.6 Å². The molecule has 0 saturated carbocycles. The maximum atomic E-state index is 13.7. The van der Waals surface area contributed by atoms with Crippen molar-refractivity contribution in [2.24, 2.45) is 0 Å². The number of pyridine rings is 1. The first-order chi connectivity index (χ1) is 12.5. The molecule has 0 bridgehead atoms. The molecular formula is C19H14ClF2N3O. The Hall–Kier alpha value is -2.99. The molecule has 0 radical (unpaired) electrons. The lowest BCUT2D eigenvalue weighted by molar-refractivity contribution is 0.0951. The molecule has 7 heteroatoms. The molecule has 0 aliphatic rings. The lowest BCUT2D eigenvalue weighted by atomic mass is 10.2. The monoisotopic (exact) mass is 373 g/mol. The zero-order valence-electron chi connectivity index (χ0n) is 13.5. The molecule has 3 aromatic rings. The highest BCUT2D eigenvalue weighted by Crippen LogP contribution is 2.22. The number of amides is 1. The number of nitrogens with zero attached hydrogens (tertiary/aromatic N) is 1. The Balaban J connectivity index is 1.72. The number of benzene rings is 2. The third-order valence-electron chi connectivity index (χ3n) is 3.64. The summed E-state index contributed by atoms with van der Waals surface area (Å²) in [6, 6.07) is 13.6. The van der Waals surface area contributed by atoms with Gasteiger partial charge in [0.2, 0.25) is 0 Å². The molecule has 0 aliphatic carbocycles. The van der Waals surface area contributed by atoms with Gasteiger partial charge in [0.05, 0.1) is 0 Å². The Morgan fingerprint density at radius 2 is 1.77 bits per heavy atom. The van der Waals surface area contributed by atoms with E-state index in [2.05, 4.69) is 15.6 Å².